The summed E-state index contributed by atoms with van der Waals surface area (Å²) in [7, 11) is 0. The summed E-state index contributed by atoms with van der Waals surface area (Å²) in [6.45, 7) is 0. The van der Waals surface area contributed by atoms with E-state index in [2.05, 4.69) is 20.6 Å². The van der Waals surface area contributed by atoms with Gasteiger partial charge in [0.25, 0.3) is 0 Å². The van der Waals surface area contributed by atoms with Crippen molar-refractivity contribution in [1.29, 1.82) is 0 Å². The number of hydrogen-bond donors (Lipinski definition) is 0. The van der Waals surface area contributed by atoms with Gasteiger partial charge in [-0.05, 0) is 17.7 Å². The van der Waals surface area contributed by atoms with Crippen LogP contribution in [-0.2, 0) is 0 Å². The van der Waals surface area contributed by atoms with Crippen LogP contribution in [0.2, 0.25) is 0 Å². The maximum Gasteiger partial charge on any atom is 0.123 e. The van der Waals surface area contributed by atoms with Gasteiger partial charge in [0, 0.05) is 5.82 Å². The molecule has 0 bridgehead atoms. The average molecular weight is 163 g/mol. The molecule has 12 heavy (non-hydrogen) atoms. The number of hydrogen-bond acceptors (Lipinski definition) is 3. The van der Waals surface area contributed by atoms with E-state index in [1.807, 2.05) is 0 Å². The van der Waals surface area contributed by atoms with E-state index in [-0.39, 0.29) is 5.82 Å². The molecular weight excluding hydrogens is 159 g/mol. The Bertz CT molecular complexity index is 371. The molecule has 0 N–H and O–H groups in total. The number of benzene rings is 1. The van der Waals surface area contributed by atoms with Crippen LogP contribution in [0.5, 0.6) is 0 Å². The molecule has 2 aromatic rings. The molecular formula is C7H4FN4-. The first kappa shape index (κ1) is 6.90. The molecule has 0 saturated carbocycles. The minimum Gasteiger partial charge on any atom is -0.330 e. The number of tetrazole rings is 1. The fourth-order valence-corrected chi connectivity index (χ4v) is 0.888. The van der Waals surface area contributed by atoms with Crippen molar-refractivity contribution in [1.82, 2.24) is 20.6 Å². The van der Waals surface area contributed by atoms with Gasteiger partial charge in [0.15, 0.2) is 0 Å². The first-order valence-electron chi connectivity index (χ1n) is 3.31. The molecule has 60 valence electrons. The molecule has 0 atom stereocenters. The number of aromatic nitrogens is 4. The van der Waals surface area contributed by atoms with Gasteiger partial charge in [-0.25, -0.2) is 4.39 Å². The van der Waals surface area contributed by atoms with Crippen LogP contribution < -0.4 is 5.10 Å². The first-order valence-corrected chi connectivity index (χ1v) is 3.31. The highest BCUT2D eigenvalue weighted by Crippen LogP contribution is 2.12. The Labute approximate surface area is 67.4 Å². The summed E-state index contributed by atoms with van der Waals surface area (Å²) >= 11 is 0. The molecule has 0 saturated heterocycles. The Balaban J connectivity index is 2.48. The molecule has 0 aliphatic rings. The summed E-state index contributed by atoms with van der Waals surface area (Å²) in [4.78, 5) is 0. The molecule has 0 aliphatic heterocycles. The smallest absolute Gasteiger partial charge is 0.123 e. The van der Waals surface area contributed by atoms with E-state index < -0.39 is 0 Å². The van der Waals surface area contributed by atoms with Gasteiger partial charge in [0.1, 0.15) is 5.82 Å². The van der Waals surface area contributed by atoms with Crippen LogP contribution in [0.25, 0.3) is 11.4 Å². The highest BCUT2D eigenvalue weighted by Gasteiger charge is 1.95. The summed E-state index contributed by atoms with van der Waals surface area (Å²) < 4.78 is 12.7. The van der Waals surface area contributed by atoms with Crippen molar-refractivity contribution in [3.8, 4) is 11.4 Å². The summed E-state index contributed by atoms with van der Waals surface area (Å²) in [6.07, 6.45) is 0. The molecule has 5 heteroatoms. The molecule has 0 radical (unpaired) electrons. The van der Waals surface area contributed by atoms with E-state index in [0.717, 1.165) is 0 Å². The van der Waals surface area contributed by atoms with Crippen LogP contribution in [0.4, 0.5) is 4.39 Å². The van der Waals surface area contributed by atoms with Gasteiger partial charge in [-0.1, -0.05) is 12.1 Å². The lowest BCUT2D eigenvalue weighted by Gasteiger charge is -1.98. The van der Waals surface area contributed by atoms with Gasteiger partial charge in [0.05, 0.1) is 0 Å². The average Bonchev–Trinajstić information content (AvgIpc) is 2.56. The zero-order chi connectivity index (χ0) is 8.39. The third-order valence-corrected chi connectivity index (χ3v) is 1.40. The van der Waals surface area contributed by atoms with E-state index in [4.69, 9.17) is 0 Å². The van der Waals surface area contributed by atoms with Crippen LogP contribution in [0, 0.1) is 5.82 Å². The van der Waals surface area contributed by atoms with Gasteiger partial charge in [-0.15, -0.1) is 0 Å². The van der Waals surface area contributed by atoms with Crippen molar-refractivity contribution in [3.05, 3.63) is 30.1 Å². The third kappa shape index (κ3) is 1.16. The number of halogens is 1. The molecule has 2 rings (SSSR count). The second-order valence-corrected chi connectivity index (χ2v) is 2.21. The zero-order valence-corrected chi connectivity index (χ0v) is 5.98. The quantitative estimate of drug-likeness (QED) is 0.618. The van der Waals surface area contributed by atoms with Crippen LogP contribution in [0.3, 0.4) is 0 Å². The Hall–Kier alpha value is -1.78. The Morgan fingerprint density at radius 2 is 2.25 bits per heavy atom. The van der Waals surface area contributed by atoms with Crippen LogP contribution >= 0.6 is 0 Å². The normalized spacial score (nSPS) is 10.1. The highest BCUT2D eigenvalue weighted by atomic mass is 19.1. The third-order valence-electron chi connectivity index (χ3n) is 1.40. The maximum absolute atomic E-state index is 12.7. The lowest BCUT2D eigenvalue weighted by atomic mass is 10.2. The van der Waals surface area contributed by atoms with Gasteiger partial charge < -0.3 is 5.10 Å². The molecule has 0 aliphatic carbocycles. The lowest BCUT2D eigenvalue weighted by Crippen LogP contribution is -1.83. The van der Waals surface area contributed by atoms with Crippen molar-refractivity contribution in [2.24, 2.45) is 0 Å². The van der Waals surface area contributed by atoms with Crippen molar-refractivity contribution in [3.63, 3.8) is 0 Å². The summed E-state index contributed by atoms with van der Waals surface area (Å²) in [5.74, 6) is 0.0202. The van der Waals surface area contributed by atoms with Gasteiger partial charge >= 0.3 is 0 Å². The van der Waals surface area contributed by atoms with E-state index in [9.17, 15) is 4.39 Å². The maximum atomic E-state index is 12.7. The summed E-state index contributed by atoms with van der Waals surface area (Å²) in [5, 5.41) is 13.8. The van der Waals surface area contributed by atoms with Crippen LogP contribution in [0.1, 0.15) is 0 Å². The van der Waals surface area contributed by atoms with E-state index in [1.54, 1.807) is 12.1 Å². The molecule has 1 heterocycles. The van der Waals surface area contributed by atoms with Crippen LogP contribution in [-0.4, -0.2) is 15.5 Å². The topological polar surface area (TPSA) is 52.8 Å². The predicted octanol–water partition coefficient (Wildman–Crippen LogP) is 0.635. The van der Waals surface area contributed by atoms with Crippen molar-refractivity contribution in [2.75, 3.05) is 0 Å². The van der Waals surface area contributed by atoms with Gasteiger partial charge in [-0.3, -0.25) is 10.3 Å². The molecule has 4 nitrogen and oxygen atoms in total. The minimum absolute atomic E-state index is 0.322. The molecule has 1 aromatic heterocycles. The molecule has 0 spiro atoms. The summed E-state index contributed by atoms with van der Waals surface area (Å²) in [6, 6.07) is 5.97. The Morgan fingerprint density at radius 3 is 2.92 bits per heavy atom. The molecule has 0 amide bonds. The van der Waals surface area contributed by atoms with E-state index in [1.165, 1.54) is 12.1 Å². The van der Waals surface area contributed by atoms with Gasteiger partial charge in [-0.2, -0.15) is 5.21 Å². The zero-order valence-electron chi connectivity index (χ0n) is 5.98. The van der Waals surface area contributed by atoms with E-state index in [0.29, 0.717) is 11.4 Å². The second kappa shape index (κ2) is 2.69. The van der Waals surface area contributed by atoms with Crippen molar-refractivity contribution >= 4 is 0 Å². The van der Waals surface area contributed by atoms with Crippen molar-refractivity contribution < 1.29 is 4.39 Å². The molecule has 1 aromatic carbocycles. The highest BCUT2D eigenvalue weighted by molar-refractivity contribution is 5.53. The minimum atomic E-state index is -0.322. The van der Waals surface area contributed by atoms with E-state index >= 15 is 0 Å². The SMILES string of the molecule is Fc1cccc(-c2nnn[n-]2)c1. The standard InChI is InChI=1S/C7H4FN4/c8-6-3-1-2-5(4-6)7-9-11-12-10-7/h1-4H/q-1. The largest absolute Gasteiger partial charge is 0.330 e. The molecule has 0 unspecified atom stereocenters. The Kier molecular flexibility index (Phi) is 1.55. The van der Waals surface area contributed by atoms with Gasteiger partial charge in [0.2, 0.25) is 0 Å². The fraction of sp³-hybridized carbons (Fsp3) is 0. The van der Waals surface area contributed by atoms with Crippen LogP contribution in [0.15, 0.2) is 24.3 Å². The Morgan fingerprint density at radius 1 is 1.33 bits per heavy atom. The lowest BCUT2D eigenvalue weighted by molar-refractivity contribution is 0.628. The number of rotatable bonds is 1. The molecule has 0 fully saturated rings. The second-order valence-electron chi connectivity index (χ2n) is 2.21. The summed E-state index contributed by atoms with van der Waals surface area (Å²) in [5.41, 5.74) is 0.583. The fourth-order valence-electron chi connectivity index (χ4n) is 0.888. The van der Waals surface area contributed by atoms with Crippen molar-refractivity contribution in [2.45, 2.75) is 0 Å². The predicted molar refractivity (Wildman–Crippen MR) is 38.5 cm³/mol. The monoisotopic (exact) mass is 163 g/mol. The number of nitrogens with zero attached hydrogens (tertiary/aromatic N) is 4. The first-order chi connectivity index (χ1) is 5.86.